The van der Waals surface area contributed by atoms with Gasteiger partial charge in [0, 0.05) is 195 Å². The average molecular weight is 2090 g/mol. The molecular formula is C96H100Cl2F12IN18O8P. The van der Waals surface area contributed by atoms with Gasteiger partial charge in [0.15, 0.2) is 11.4 Å². The number of fused-ring (bicyclic) bond motifs is 2. The predicted octanol–water partition coefficient (Wildman–Crippen LogP) is 19.2. The Morgan fingerprint density at radius 3 is 1.03 bits per heavy atom. The number of carboxylic acid groups (broad SMARTS) is 1. The predicted molar refractivity (Wildman–Crippen MR) is 519 cm³/mol. The number of aromatic nitrogens is 6. The fraction of sp³-hybridized carbons (Fsp3) is 0.333. The van der Waals surface area contributed by atoms with Gasteiger partial charge >= 0.3 is 31.4 Å². The number of benzene rings is 8. The first-order valence-electron chi connectivity index (χ1n) is 42.2. The van der Waals surface area contributed by atoms with Gasteiger partial charge in [-0.2, -0.15) is 15.2 Å². The number of alkyl halides is 12. The molecule has 4 spiro atoms. The van der Waals surface area contributed by atoms with Crippen molar-refractivity contribution in [1.82, 2.24) is 39.4 Å². The molecule has 732 valence electrons. The first-order chi connectivity index (χ1) is 63.7. The molecule has 12 heterocycles. The summed E-state index contributed by atoms with van der Waals surface area (Å²) in [4.78, 5) is 59.8. The second kappa shape index (κ2) is 43.7. The quantitative estimate of drug-likeness (QED) is 0.0269. The number of halogens is 15. The minimum Gasteiger partial charge on any atom is -0.477 e. The van der Waals surface area contributed by atoms with Crippen LogP contribution in [-0.2, 0) is 25.9 Å². The largest absolute Gasteiger partial charge is 0.573 e. The van der Waals surface area contributed by atoms with E-state index in [0.717, 1.165) is 159 Å². The highest BCUT2D eigenvalue weighted by molar-refractivity contribution is 14.1. The third kappa shape index (κ3) is 26.1. The molecule has 0 saturated carbocycles. The third-order valence-electron chi connectivity index (χ3n) is 23.8. The van der Waals surface area contributed by atoms with Crippen molar-refractivity contribution in [3.63, 3.8) is 0 Å². The number of hydrogen-bond acceptors (Lipinski definition) is 20. The van der Waals surface area contributed by atoms with E-state index in [4.69, 9.17) is 45.9 Å². The molecule has 0 bridgehead atoms. The maximum atomic E-state index is 13.0. The number of nitrogens with zero attached hydrogens (tertiary/aromatic N) is 15. The molecule has 0 aliphatic carbocycles. The van der Waals surface area contributed by atoms with E-state index in [-0.39, 0.29) is 81.1 Å². The van der Waals surface area contributed by atoms with Gasteiger partial charge < -0.3 is 80.2 Å². The zero-order valence-electron chi connectivity index (χ0n) is 73.0. The van der Waals surface area contributed by atoms with Gasteiger partial charge in [0.25, 0.3) is 5.91 Å². The van der Waals surface area contributed by atoms with Crippen LogP contribution in [-0.4, -0.2) is 181 Å². The topological polar surface area (TPSA) is 284 Å². The van der Waals surface area contributed by atoms with Gasteiger partial charge in [-0.1, -0.05) is 88.3 Å². The second-order valence-corrected chi connectivity index (χ2v) is 36.1. The van der Waals surface area contributed by atoms with Gasteiger partial charge in [0.05, 0.1) is 52.0 Å². The number of carbonyl (C=O) groups excluding carboxylic acids is 1. The monoisotopic (exact) mass is 2090 g/mol. The Kier molecular flexibility index (Phi) is 33.5. The van der Waals surface area contributed by atoms with Crippen LogP contribution >= 0.6 is 55.7 Å². The smallest absolute Gasteiger partial charge is 0.477 e. The Balaban J connectivity index is 0.000000166. The summed E-state index contributed by atoms with van der Waals surface area (Å²) in [7, 11) is 0. The van der Waals surface area contributed by atoms with Crippen LogP contribution in [0, 0.1) is 43.1 Å². The summed E-state index contributed by atoms with van der Waals surface area (Å²) >= 11 is 14.0. The molecule has 8 aromatic carbocycles. The number of nitrogens with two attached hydrogens (primary N) is 1. The molecule has 1 atom stereocenters. The molecule has 8 fully saturated rings. The number of hydrogen-bond donors (Lipinski definition) is 4. The fourth-order valence-corrected chi connectivity index (χ4v) is 18.1. The summed E-state index contributed by atoms with van der Waals surface area (Å²) < 4.78 is 166. The summed E-state index contributed by atoms with van der Waals surface area (Å²) in [5.74, 6) is -1.25. The van der Waals surface area contributed by atoms with Gasteiger partial charge in [0.1, 0.15) is 28.7 Å². The van der Waals surface area contributed by atoms with Gasteiger partial charge in [0.2, 0.25) is 11.6 Å². The van der Waals surface area contributed by atoms with E-state index in [0.29, 0.717) is 75.7 Å². The van der Waals surface area contributed by atoms with Crippen LogP contribution in [0.3, 0.4) is 0 Å². The zero-order chi connectivity index (χ0) is 95.3. The second-order valence-electron chi connectivity index (χ2n) is 33.9. The first-order valence-corrected chi connectivity index (χ1v) is 44.0. The van der Waals surface area contributed by atoms with E-state index >= 15 is 0 Å². The summed E-state index contributed by atoms with van der Waals surface area (Å²) in [5, 5.41) is 24.4. The van der Waals surface area contributed by atoms with Crippen LogP contribution in [0.4, 0.5) is 98.2 Å². The summed E-state index contributed by atoms with van der Waals surface area (Å²) in [6.45, 7) is 26.8. The molecule has 138 heavy (non-hydrogen) atoms. The SMILES string of the molecule is C.C.CCc1nc2ncc(Cl)cn2c1C(=O)NCc1ccc(N2CC3(C2)CN(c2ccc(OC(F)(F)F)cc2)C3)cc1.CCc1nc2ncc(Cl)cn2c1C(=O)O.FC(F)(F)Oc1ccc(N2CC3(CNC3)C2)cc1.N#Cc1ccc(I)cc1.NCc1ccc(N2CC3(C2)CN(c2ccc(OC(F)(F)F)cc2)C3)cc1.O.P.[C-]#[N+]c1ccc(N2CC3(C2)CN(c2ccc(OC(F)(F)F)cc2)C3)cc1. The van der Waals surface area contributed by atoms with Crippen LogP contribution in [0.15, 0.2) is 219 Å². The maximum Gasteiger partial charge on any atom is 0.573 e. The Bertz CT molecular complexity index is 6200. The minimum atomic E-state index is -4.69. The number of rotatable bonds is 18. The molecule has 7 N–H and O–H groups in total. The number of ether oxygens (including phenoxy) is 4. The highest BCUT2D eigenvalue weighted by Crippen LogP contribution is 2.48. The lowest BCUT2D eigenvalue weighted by Crippen LogP contribution is -2.72. The molecule has 26 nitrogen and oxygen atoms in total. The van der Waals surface area contributed by atoms with Gasteiger partial charge in [-0.05, 0) is 204 Å². The summed E-state index contributed by atoms with van der Waals surface area (Å²) in [6.07, 6.45) is -11.4. The number of carboxylic acids is 1. The molecule has 0 radical (unpaired) electrons. The fourth-order valence-electron chi connectivity index (χ4n) is 17.4. The van der Waals surface area contributed by atoms with Crippen LogP contribution in [0.25, 0.3) is 16.4 Å². The van der Waals surface area contributed by atoms with Crippen molar-refractivity contribution >= 4 is 125 Å². The molecule has 12 aromatic rings. The van der Waals surface area contributed by atoms with Crippen LogP contribution in [0.5, 0.6) is 23.0 Å². The molecule has 4 aromatic heterocycles. The molecule has 8 aliphatic heterocycles. The number of nitriles is 1. The lowest BCUT2D eigenvalue weighted by Gasteiger charge is -2.61. The molecular weight excluding hydrogens is 1990 g/mol. The number of nitrogens with one attached hydrogen (secondary N) is 2. The van der Waals surface area contributed by atoms with Crippen molar-refractivity contribution in [2.24, 2.45) is 27.4 Å². The van der Waals surface area contributed by atoms with E-state index in [1.807, 2.05) is 74.5 Å². The molecule has 20 rings (SSSR count). The normalized spacial score (nSPS) is 16.1. The lowest BCUT2D eigenvalue weighted by molar-refractivity contribution is -0.275. The van der Waals surface area contributed by atoms with Crippen molar-refractivity contribution in [2.45, 2.75) is 80.1 Å². The maximum absolute atomic E-state index is 13.0. The van der Waals surface area contributed by atoms with E-state index < -0.39 is 31.4 Å². The van der Waals surface area contributed by atoms with E-state index in [1.165, 1.54) is 77.2 Å². The van der Waals surface area contributed by atoms with Gasteiger partial charge in [-0.3, -0.25) is 13.6 Å². The Morgan fingerprint density at radius 1 is 0.478 bits per heavy atom. The first kappa shape index (κ1) is 106. The molecule has 42 heteroatoms. The van der Waals surface area contributed by atoms with Crippen molar-refractivity contribution < 1.29 is 91.8 Å². The van der Waals surface area contributed by atoms with Crippen LogP contribution in [0.2, 0.25) is 10.0 Å². The number of aryl methyl sites for hydroxylation is 2. The van der Waals surface area contributed by atoms with Gasteiger partial charge in [-0.15, -0.1) is 52.7 Å². The van der Waals surface area contributed by atoms with Gasteiger partial charge in [-0.25, -0.2) is 29.6 Å². The lowest BCUT2D eigenvalue weighted by atomic mass is 9.72. The minimum absolute atomic E-state index is 0. The van der Waals surface area contributed by atoms with Crippen LogP contribution in [0.1, 0.15) is 77.8 Å². The molecule has 8 aliphatic rings. The van der Waals surface area contributed by atoms with Crippen molar-refractivity contribution in [1.29, 1.82) is 5.26 Å². The van der Waals surface area contributed by atoms with E-state index in [9.17, 15) is 62.3 Å². The highest BCUT2D eigenvalue weighted by Gasteiger charge is 2.55. The number of carbonyl (C=O) groups is 2. The van der Waals surface area contributed by atoms with Crippen LogP contribution < -0.4 is 69.6 Å². The number of aromatic carboxylic acids is 1. The highest BCUT2D eigenvalue weighted by atomic mass is 127. The number of anilines is 7. The molecule has 8 saturated heterocycles. The van der Waals surface area contributed by atoms with Crippen molar-refractivity contribution in [3.8, 4) is 29.1 Å². The summed E-state index contributed by atoms with van der Waals surface area (Å²) in [5.41, 5.74) is 19.1. The van der Waals surface area contributed by atoms with Crippen molar-refractivity contribution in [2.75, 3.05) is 139 Å². The Labute approximate surface area is 815 Å². The molecule has 1 amide bonds. The number of amides is 1. The Hall–Kier alpha value is -12.5. The third-order valence-corrected chi connectivity index (χ3v) is 25.0. The summed E-state index contributed by atoms with van der Waals surface area (Å²) in [6, 6.07) is 57.7. The Morgan fingerprint density at radius 2 is 0.761 bits per heavy atom. The van der Waals surface area contributed by atoms with E-state index in [2.05, 4.69) is 154 Å². The average Bonchev–Trinajstić information content (AvgIpc) is 1.04. The number of imidazole rings is 2. The zero-order valence-corrected chi connectivity index (χ0v) is 78.1. The van der Waals surface area contributed by atoms with E-state index in [1.54, 1.807) is 59.1 Å². The van der Waals surface area contributed by atoms with Crippen molar-refractivity contribution in [3.05, 3.63) is 283 Å². The standard InChI is InChI=1S/C28H26ClF3N6O2.C19H16F3N3O.C19H20F3N3O.C12H13F3N2O.C9H8ClN3O2.C7H4IN.2CH4.H2O.H3P/c1-2-23-24(38-13-19(29)12-34-26(38)35-23)25(39)33-11-18-3-5-20(6-4-18)36-14-27(15-36)16-37(17-27)21-7-9-22(10-8-21)40-28(30,31)32;1-23-14-2-4-15(5-3-14)24-10-18(11-24)12-25(13-18)16-6-8-17(9-7-16)26-19(20,21)22;20-19(21,22)26-17-7-5-16(6-8-17)25-12-18(13-25)10-24(11-18)15-3-1-14(9-23)2-4-15;13-12(14,15)18-10-3-1-9(2-4-10)17-7-11(8-17)5-16-6-11;1-2-6-7(8(14)15)13-4-5(10)3-11-9(13)12-6;8-7-3-1-6(5-9)2-4-7;;;;/h3-10,12-13H,2,11,14-17H2,1H3,(H,33,39);2-9H,10-13H2;1-8H,9-13,23H2;1-4,16H,5-8H2;3-4H,2H2,1H3,(H,14,15);1-4H;2*1H4;1H2;1H3. The molecule has 1 unspecified atom stereocenters.